The molecule has 2 aliphatic heterocycles. The van der Waals surface area contributed by atoms with Gasteiger partial charge in [0.15, 0.2) is 12.6 Å². The van der Waals surface area contributed by atoms with Crippen LogP contribution in [-0.2, 0) is 75.7 Å². The van der Waals surface area contributed by atoms with E-state index in [0.717, 1.165) is 27.8 Å². The number of aliphatic hydroxyl groups is 2. The summed E-state index contributed by atoms with van der Waals surface area (Å²) in [7, 11) is 1.50. The van der Waals surface area contributed by atoms with Crippen LogP contribution in [0.5, 0.6) is 0 Å². The topological polar surface area (TPSA) is 124 Å². The van der Waals surface area contributed by atoms with Gasteiger partial charge in [-0.05, 0) is 27.8 Å². The van der Waals surface area contributed by atoms with Crippen molar-refractivity contribution in [3.05, 3.63) is 179 Å². The Morgan fingerprint density at radius 1 is 0.424 bits per heavy atom. The van der Waals surface area contributed by atoms with Crippen molar-refractivity contribution in [2.24, 2.45) is 0 Å². The summed E-state index contributed by atoms with van der Waals surface area (Å²) in [6.07, 6.45) is -10.2. The number of aliphatic hydroxyl groups excluding tert-OH is 2. The third kappa shape index (κ3) is 12.1. The molecule has 2 N–H and O–H groups in total. The van der Waals surface area contributed by atoms with Gasteiger partial charge >= 0.3 is 0 Å². The normalized spacial score (nSPS) is 27.0. The number of hydrogen-bond donors (Lipinski definition) is 2. The highest BCUT2D eigenvalue weighted by Gasteiger charge is 2.53. The van der Waals surface area contributed by atoms with Gasteiger partial charge in [-0.3, -0.25) is 0 Å². The average Bonchev–Trinajstić information content (AvgIpc) is 3.28. The monoisotopic (exact) mass is 806 g/mol. The van der Waals surface area contributed by atoms with Crippen molar-refractivity contribution >= 4 is 0 Å². The summed E-state index contributed by atoms with van der Waals surface area (Å²) in [4.78, 5) is 0. The van der Waals surface area contributed by atoms with Crippen molar-refractivity contribution < 1.29 is 52.8 Å². The minimum atomic E-state index is -1.53. The van der Waals surface area contributed by atoms with Crippen LogP contribution < -0.4 is 0 Å². The molecule has 5 aromatic rings. The summed E-state index contributed by atoms with van der Waals surface area (Å²) in [5.41, 5.74) is 4.73. The molecule has 7 rings (SSSR count). The Labute approximate surface area is 346 Å². The van der Waals surface area contributed by atoms with E-state index in [1.165, 1.54) is 7.11 Å². The second-order valence-corrected chi connectivity index (χ2v) is 14.7. The molecule has 59 heavy (non-hydrogen) atoms. The molecule has 0 spiro atoms. The summed E-state index contributed by atoms with van der Waals surface area (Å²) in [6.45, 7) is 1.31. The molecule has 0 aliphatic carbocycles. The molecule has 0 aromatic heterocycles. The van der Waals surface area contributed by atoms with Gasteiger partial charge in [0.05, 0.1) is 46.2 Å². The molecule has 11 nitrogen and oxygen atoms in total. The van der Waals surface area contributed by atoms with Gasteiger partial charge in [-0.15, -0.1) is 0 Å². The molecule has 0 saturated carbocycles. The van der Waals surface area contributed by atoms with Crippen LogP contribution in [0.4, 0.5) is 0 Å². The predicted octanol–water partition coefficient (Wildman–Crippen LogP) is 6.38. The Morgan fingerprint density at radius 2 is 0.831 bits per heavy atom. The number of hydrogen-bond acceptors (Lipinski definition) is 11. The minimum Gasteiger partial charge on any atom is -0.387 e. The molecule has 0 radical (unpaired) electrons. The number of benzene rings is 5. The van der Waals surface area contributed by atoms with E-state index >= 15 is 0 Å². The maximum Gasteiger partial charge on any atom is 0.187 e. The second kappa shape index (κ2) is 22.3. The number of methoxy groups -OCH3 is 1. The molecular formula is C48H54O11. The lowest BCUT2D eigenvalue weighted by Crippen LogP contribution is -2.66. The van der Waals surface area contributed by atoms with Crippen LogP contribution in [0, 0.1) is 0 Å². The summed E-state index contributed by atoms with van der Waals surface area (Å²) < 4.78 is 58.0. The highest BCUT2D eigenvalue weighted by molar-refractivity contribution is 5.17. The first-order valence-corrected chi connectivity index (χ1v) is 20.1. The van der Waals surface area contributed by atoms with E-state index in [1.807, 2.05) is 152 Å². The lowest BCUT2D eigenvalue weighted by Gasteiger charge is -2.49. The Kier molecular flexibility index (Phi) is 16.2. The van der Waals surface area contributed by atoms with E-state index in [-0.39, 0.29) is 39.6 Å². The lowest BCUT2D eigenvalue weighted by atomic mass is 9.96. The van der Waals surface area contributed by atoms with E-state index < -0.39 is 61.4 Å². The van der Waals surface area contributed by atoms with Crippen molar-refractivity contribution in [2.45, 2.75) is 94.4 Å². The zero-order chi connectivity index (χ0) is 40.7. The van der Waals surface area contributed by atoms with E-state index in [4.69, 9.17) is 42.6 Å². The summed E-state index contributed by atoms with van der Waals surface area (Å²) in [5.74, 6) is 0. The fourth-order valence-corrected chi connectivity index (χ4v) is 7.32. The number of rotatable bonds is 20. The summed E-state index contributed by atoms with van der Waals surface area (Å²) >= 11 is 0. The van der Waals surface area contributed by atoms with E-state index in [2.05, 4.69) is 0 Å². The van der Waals surface area contributed by atoms with E-state index in [1.54, 1.807) is 0 Å². The van der Waals surface area contributed by atoms with Crippen LogP contribution in [0.15, 0.2) is 152 Å². The summed E-state index contributed by atoms with van der Waals surface area (Å²) in [5, 5.41) is 23.3. The Hall–Kier alpha value is -4.34. The van der Waals surface area contributed by atoms with Gasteiger partial charge in [0.25, 0.3) is 0 Å². The van der Waals surface area contributed by atoms with Crippen LogP contribution in [0.3, 0.4) is 0 Å². The zero-order valence-electron chi connectivity index (χ0n) is 33.2. The molecule has 2 fully saturated rings. The molecule has 0 amide bonds. The first kappa shape index (κ1) is 42.8. The average molecular weight is 807 g/mol. The van der Waals surface area contributed by atoms with Crippen molar-refractivity contribution in [3.8, 4) is 0 Å². The molecule has 2 aliphatic rings. The van der Waals surface area contributed by atoms with Crippen molar-refractivity contribution in [2.75, 3.05) is 20.3 Å². The molecule has 312 valence electrons. The molecule has 0 bridgehead atoms. The van der Waals surface area contributed by atoms with Crippen LogP contribution in [0.2, 0.25) is 0 Å². The van der Waals surface area contributed by atoms with Gasteiger partial charge in [0.1, 0.15) is 48.8 Å². The quantitative estimate of drug-likeness (QED) is 0.0912. The molecule has 10 atom stereocenters. The highest BCUT2D eigenvalue weighted by atomic mass is 16.8. The van der Waals surface area contributed by atoms with Crippen LogP contribution >= 0.6 is 0 Å². The molecule has 2 saturated heterocycles. The third-order valence-electron chi connectivity index (χ3n) is 10.4. The predicted molar refractivity (Wildman–Crippen MR) is 218 cm³/mol. The molecular weight excluding hydrogens is 753 g/mol. The lowest BCUT2D eigenvalue weighted by molar-refractivity contribution is -0.376. The van der Waals surface area contributed by atoms with Gasteiger partial charge < -0.3 is 52.8 Å². The molecule has 11 heteroatoms. The third-order valence-corrected chi connectivity index (χ3v) is 10.4. The van der Waals surface area contributed by atoms with Crippen molar-refractivity contribution in [1.29, 1.82) is 0 Å². The van der Waals surface area contributed by atoms with Gasteiger partial charge in [0, 0.05) is 7.11 Å². The number of ether oxygens (including phenoxy) is 9. The Morgan fingerprint density at radius 3 is 1.29 bits per heavy atom. The maximum atomic E-state index is 11.7. The molecule has 2 heterocycles. The van der Waals surface area contributed by atoms with E-state index in [9.17, 15) is 10.2 Å². The Bertz CT molecular complexity index is 1890. The van der Waals surface area contributed by atoms with Gasteiger partial charge in [0.2, 0.25) is 0 Å². The Balaban J connectivity index is 1.23. The first-order valence-electron chi connectivity index (χ1n) is 20.1. The van der Waals surface area contributed by atoms with Crippen molar-refractivity contribution in [3.63, 3.8) is 0 Å². The van der Waals surface area contributed by atoms with Crippen LogP contribution in [0.25, 0.3) is 0 Å². The zero-order valence-corrected chi connectivity index (χ0v) is 33.2. The van der Waals surface area contributed by atoms with Crippen LogP contribution in [0.1, 0.15) is 27.8 Å². The maximum absolute atomic E-state index is 11.7. The smallest absolute Gasteiger partial charge is 0.187 e. The van der Waals surface area contributed by atoms with Crippen LogP contribution in [-0.4, -0.2) is 91.9 Å². The fraction of sp³-hybridized carbons (Fsp3) is 0.375. The molecule has 0 unspecified atom stereocenters. The van der Waals surface area contributed by atoms with E-state index in [0.29, 0.717) is 6.61 Å². The largest absolute Gasteiger partial charge is 0.387 e. The second-order valence-electron chi connectivity index (χ2n) is 14.7. The first-order chi connectivity index (χ1) is 29.1. The minimum absolute atomic E-state index is 0.0234. The van der Waals surface area contributed by atoms with Gasteiger partial charge in [-0.2, -0.15) is 0 Å². The van der Waals surface area contributed by atoms with Gasteiger partial charge in [-0.1, -0.05) is 152 Å². The molecule has 5 aromatic carbocycles. The SMILES string of the molecule is COC[C@H]1O[C@H](O)[C@H](O[C@H]2O[C@H](COCc3ccccc3)[C@@H](OCc3ccccc3)[C@H](OCc3ccccc3)[C@H]2OCc2ccccc2)[C@@H](OCc2ccccc2)[C@@H]1O. The van der Waals surface area contributed by atoms with Crippen molar-refractivity contribution in [1.82, 2.24) is 0 Å². The standard InChI is InChI=1S/C48H54O11/c1-51-32-39-41(49)43(54-29-36-21-11-4-12-22-36)45(47(50)57-39)59-48-46(56-31-38-25-15-6-16-26-38)44(55-30-37-23-13-5-14-24-37)42(53-28-35-19-9-3-10-20-35)40(58-48)33-52-27-34-17-7-2-8-18-34/h2-26,39-50H,27-33H2,1H3/t39-,40-,41-,42-,43+,44+,45-,46-,47+,48-/m1/s1. The highest BCUT2D eigenvalue weighted by Crippen LogP contribution is 2.35. The summed E-state index contributed by atoms with van der Waals surface area (Å²) in [6, 6.07) is 49.0. The van der Waals surface area contributed by atoms with Gasteiger partial charge in [-0.25, -0.2) is 0 Å². The fourth-order valence-electron chi connectivity index (χ4n) is 7.32.